The van der Waals surface area contributed by atoms with E-state index in [2.05, 4.69) is 9.71 Å². The minimum absolute atomic E-state index is 0.390. The fourth-order valence-electron chi connectivity index (χ4n) is 2.79. The number of hydrogen-bond donors (Lipinski definition) is 1. The summed E-state index contributed by atoms with van der Waals surface area (Å²) < 4.78 is 27.9. The molecule has 0 aliphatic carbocycles. The third kappa shape index (κ3) is 3.66. The van der Waals surface area contributed by atoms with Crippen molar-refractivity contribution >= 4 is 21.5 Å². The fraction of sp³-hybridized carbons (Fsp3) is 0.294. The van der Waals surface area contributed by atoms with Crippen molar-refractivity contribution in [1.82, 2.24) is 4.98 Å². The minimum Gasteiger partial charge on any atom is -0.355 e. The Labute approximate surface area is 141 Å². The van der Waals surface area contributed by atoms with Crippen molar-refractivity contribution in [1.29, 1.82) is 5.26 Å². The summed E-state index contributed by atoms with van der Waals surface area (Å²) in [5.41, 5.74) is 1.07. The molecule has 3 rings (SSSR count). The Kier molecular flexibility index (Phi) is 4.67. The van der Waals surface area contributed by atoms with Crippen LogP contribution in [0.2, 0.25) is 0 Å². The zero-order valence-electron chi connectivity index (χ0n) is 13.1. The van der Waals surface area contributed by atoms with Crippen LogP contribution in [0, 0.1) is 11.3 Å². The number of anilines is 2. The van der Waals surface area contributed by atoms with Gasteiger partial charge in [-0.05, 0) is 37.1 Å². The molecule has 0 saturated carbocycles. The first-order valence-corrected chi connectivity index (χ1v) is 9.31. The van der Waals surface area contributed by atoms with E-state index in [1.165, 1.54) is 6.20 Å². The van der Waals surface area contributed by atoms with E-state index >= 15 is 0 Å². The van der Waals surface area contributed by atoms with Crippen LogP contribution in [0.5, 0.6) is 0 Å². The summed E-state index contributed by atoms with van der Waals surface area (Å²) in [4.78, 5) is 6.22. The Bertz CT molecular complexity index is 829. The van der Waals surface area contributed by atoms with Crippen LogP contribution in [0.25, 0.3) is 0 Å². The van der Waals surface area contributed by atoms with Crippen molar-refractivity contribution in [2.75, 3.05) is 22.7 Å². The molecular weight excluding hydrogens is 324 g/mol. The van der Waals surface area contributed by atoms with Gasteiger partial charge in [-0.15, -0.1) is 0 Å². The number of pyridine rings is 1. The van der Waals surface area contributed by atoms with Crippen LogP contribution < -0.4 is 9.62 Å². The molecule has 1 unspecified atom stereocenters. The van der Waals surface area contributed by atoms with E-state index in [0.717, 1.165) is 13.0 Å². The van der Waals surface area contributed by atoms with Crippen LogP contribution in [0.4, 0.5) is 11.5 Å². The normalized spacial score (nSPS) is 18.0. The van der Waals surface area contributed by atoms with Gasteiger partial charge < -0.3 is 4.90 Å². The first kappa shape index (κ1) is 16.3. The number of rotatable bonds is 4. The lowest BCUT2D eigenvalue weighted by atomic mass is 10.1. The van der Waals surface area contributed by atoms with E-state index in [1.54, 1.807) is 36.4 Å². The van der Waals surface area contributed by atoms with Gasteiger partial charge in [0.15, 0.2) is 0 Å². The van der Waals surface area contributed by atoms with Gasteiger partial charge in [0.05, 0.1) is 10.8 Å². The van der Waals surface area contributed by atoms with Crippen LogP contribution in [-0.4, -0.2) is 31.7 Å². The van der Waals surface area contributed by atoms with Gasteiger partial charge >= 0.3 is 0 Å². The topological polar surface area (TPSA) is 86.1 Å². The van der Waals surface area contributed by atoms with Crippen LogP contribution >= 0.6 is 0 Å². The smallest absolute Gasteiger partial charge is 0.237 e. The van der Waals surface area contributed by atoms with Crippen molar-refractivity contribution in [2.24, 2.45) is 0 Å². The molecule has 1 aliphatic heterocycles. The maximum absolute atomic E-state index is 12.6. The van der Waals surface area contributed by atoms with Crippen molar-refractivity contribution < 1.29 is 8.42 Å². The highest BCUT2D eigenvalue weighted by Gasteiger charge is 2.31. The molecule has 1 aromatic carbocycles. The molecule has 1 aliphatic rings. The standard InChI is InChI=1S/C17H18N4O2S/c18-11-14-8-9-17(19-12-14)21-10-4-7-16(13-21)24(22,23)20-15-5-2-1-3-6-15/h1-3,5-6,8-9,12,16,20H,4,7,10,13H2. The lowest BCUT2D eigenvalue weighted by molar-refractivity contribution is 0.533. The molecule has 0 spiro atoms. The van der Waals surface area contributed by atoms with Crippen molar-refractivity contribution in [2.45, 2.75) is 18.1 Å². The van der Waals surface area contributed by atoms with E-state index < -0.39 is 15.3 Å². The van der Waals surface area contributed by atoms with Crippen LogP contribution in [0.3, 0.4) is 0 Å². The number of nitrogens with zero attached hydrogens (tertiary/aromatic N) is 3. The molecule has 0 amide bonds. The van der Waals surface area contributed by atoms with E-state index in [0.29, 0.717) is 30.0 Å². The number of benzene rings is 1. The molecule has 7 heteroatoms. The third-order valence-corrected chi connectivity index (χ3v) is 5.83. The van der Waals surface area contributed by atoms with Gasteiger partial charge in [0.2, 0.25) is 10.0 Å². The van der Waals surface area contributed by atoms with Gasteiger partial charge in [-0.1, -0.05) is 18.2 Å². The fourth-order valence-corrected chi connectivity index (χ4v) is 4.28. The second-order valence-electron chi connectivity index (χ2n) is 5.74. The Morgan fingerprint density at radius 3 is 2.67 bits per heavy atom. The lowest BCUT2D eigenvalue weighted by Crippen LogP contribution is -2.44. The Hall–Kier alpha value is -2.59. The first-order chi connectivity index (χ1) is 11.6. The predicted octanol–water partition coefficient (Wildman–Crippen LogP) is 2.36. The molecule has 2 heterocycles. The second-order valence-corrected chi connectivity index (χ2v) is 7.70. The maximum Gasteiger partial charge on any atom is 0.237 e. The lowest BCUT2D eigenvalue weighted by Gasteiger charge is -2.33. The predicted molar refractivity (Wildman–Crippen MR) is 93.2 cm³/mol. The molecule has 1 fully saturated rings. The molecule has 24 heavy (non-hydrogen) atoms. The zero-order valence-corrected chi connectivity index (χ0v) is 13.9. The van der Waals surface area contributed by atoms with Crippen LogP contribution in [0.1, 0.15) is 18.4 Å². The highest BCUT2D eigenvalue weighted by atomic mass is 32.2. The van der Waals surface area contributed by atoms with Crippen molar-refractivity contribution in [3.8, 4) is 6.07 Å². The summed E-state index contributed by atoms with van der Waals surface area (Å²) in [6.07, 6.45) is 2.91. The average Bonchev–Trinajstić information content (AvgIpc) is 2.62. The van der Waals surface area contributed by atoms with Crippen LogP contribution in [0.15, 0.2) is 48.7 Å². The van der Waals surface area contributed by atoms with Gasteiger partial charge in [0, 0.05) is 25.0 Å². The summed E-state index contributed by atoms with van der Waals surface area (Å²) >= 11 is 0. The van der Waals surface area contributed by atoms with E-state index in [-0.39, 0.29) is 0 Å². The molecule has 0 radical (unpaired) electrons. The number of aromatic nitrogens is 1. The molecule has 1 aromatic heterocycles. The van der Waals surface area contributed by atoms with Gasteiger partial charge in [-0.2, -0.15) is 5.26 Å². The molecule has 2 aromatic rings. The summed E-state index contributed by atoms with van der Waals surface area (Å²) in [5.74, 6) is 0.702. The Morgan fingerprint density at radius 1 is 1.21 bits per heavy atom. The Balaban J connectivity index is 1.73. The van der Waals surface area contributed by atoms with Gasteiger partial charge in [-0.25, -0.2) is 13.4 Å². The Morgan fingerprint density at radius 2 is 2.00 bits per heavy atom. The van der Waals surface area contributed by atoms with E-state index in [4.69, 9.17) is 5.26 Å². The molecule has 1 atom stereocenters. The number of nitrogens with one attached hydrogen (secondary N) is 1. The third-order valence-electron chi connectivity index (χ3n) is 4.05. The van der Waals surface area contributed by atoms with Crippen LogP contribution in [-0.2, 0) is 10.0 Å². The van der Waals surface area contributed by atoms with Gasteiger partial charge in [-0.3, -0.25) is 4.72 Å². The summed E-state index contributed by atoms with van der Waals surface area (Å²) in [7, 11) is -3.46. The molecule has 1 N–H and O–H groups in total. The zero-order chi connectivity index (χ0) is 17.0. The molecule has 0 bridgehead atoms. The van der Waals surface area contributed by atoms with Gasteiger partial charge in [0.25, 0.3) is 0 Å². The quantitative estimate of drug-likeness (QED) is 0.922. The number of nitriles is 1. The highest BCUT2D eigenvalue weighted by molar-refractivity contribution is 7.93. The molecule has 124 valence electrons. The number of piperidine rings is 1. The number of para-hydroxylation sites is 1. The van der Waals surface area contributed by atoms with Gasteiger partial charge in [0.1, 0.15) is 11.9 Å². The first-order valence-electron chi connectivity index (χ1n) is 7.76. The second kappa shape index (κ2) is 6.89. The average molecular weight is 342 g/mol. The summed E-state index contributed by atoms with van der Waals surface area (Å²) in [6.45, 7) is 1.15. The summed E-state index contributed by atoms with van der Waals surface area (Å²) in [6, 6.07) is 14.4. The van der Waals surface area contributed by atoms with Crippen molar-refractivity contribution in [3.63, 3.8) is 0 Å². The SMILES string of the molecule is N#Cc1ccc(N2CCCC(S(=O)(=O)Nc3ccccc3)C2)nc1. The molecular formula is C17H18N4O2S. The summed E-state index contributed by atoms with van der Waals surface area (Å²) in [5, 5.41) is 8.34. The van der Waals surface area contributed by atoms with Crippen molar-refractivity contribution in [3.05, 3.63) is 54.2 Å². The monoisotopic (exact) mass is 342 g/mol. The molecule has 1 saturated heterocycles. The molecule has 6 nitrogen and oxygen atoms in total. The van der Waals surface area contributed by atoms with E-state index in [9.17, 15) is 8.42 Å². The largest absolute Gasteiger partial charge is 0.355 e. The highest BCUT2D eigenvalue weighted by Crippen LogP contribution is 2.23. The maximum atomic E-state index is 12.6. The number of hydrogen-bond acceptors (Lipinski definition) is 5. The van der Waals surface area contributed by atoms with E-state index in [1.807, 2.05) is 17.0 Å². The number of sulfonamides is 1. The minimum atomic E-state index is -3.46.